The highest BCUT2D eigenvalue weighted by atomic mass is 32.1. The lowest BCUT2D eigenvalue weighted by atomic mass is 9.96. The second-order valence-corrected chi connectivity index (χ2v) is 10.1. The van der Waals surface area contributed by atoms with E-state index in [9.17, 15) is 4.79 Å². The van der Waals surface area contributed by atoms with Crippen molar-refractivity contribution in [3.63, 3.8) is 0 Å². The standard InChI is InChI=1S/C23H27N7OS/c1-5-29-20(31)17-12-25-21(27-16-7-6-14-8-9-24-11-15(14)10-16)28-19(17)30(29)22-26-13-18(32-22)23(2,3)4/h6-7,10,12-13,24H,5,8-9,11H2,1-4H3,(H,25,27,28). The Bertz CT molecular complexity index is 1360. The predicted molar refractivity (Wildman–Crippen MR) is 128 cm³/mol. The van der Waals surface area contributed by atoms with Gasteiger partial charge in [0, 0.05) is 36.0 Å². The van der Waals surface area contributed by atoms with Crippen LogP contribution < -0.4 is 16.2 Å². The fraction of sp³-hybridized carbons (Fsp3) is 0.391. The maximum absolute atomic E-state index is 13.0. The highest BCUT2D eigenvalue weighted by Crippen LogP contribution is 2.30. The van der Waals surface area contributed by atoms with Gasteiger partial charge in [0.15, 0.2) is 5.65 Å². The maximum atomic E-state index is 13.0. The van der Waals surface area contributed by atoms with Crippen molar-refractivity contribution in [2.24, 2.45) is 0 Å². The topological polar surface area (TPSA) is 89.7 Å². The molecule has 8 nitrogen and oxygen atoms in total. The molecule has 1 aliphatic rings. The Labute approximate surface area is 190 Å². The van der Waals surface area contributed by atoms with Crippen LogP contribution in [0.25, 0.3) is 16.2 Å². The minimum Gasteiger partial charge on any atom is -0.324 e. The zero-order chi connectivity index (χ0) is 22.5. The Hall–Kier alpha value is -3.04. The molecule has 3 aromatic heterocycles. The van der Waals surface area contributed by atoms with Crippen molar-refractivity contribution in [1.29, 1.82) is 0 Å². The summed E-state index contributed by atoms with van der Waals surface area (Å²) >= 11 is 1.58. The van der Waals surface area contributed by atoms with Crippen LogP contribution in [-0.4, -0.2) is 30.9 Å². The lowest BCUT2D eigenvalue weighted by molar-refractivity contribution is 0.573. The molecule has 166 valence electrons. The van der Waals surface area contributed by atoms with E-state index in [1.54, 1.807) is 22.2 Å². The molecule has 0 aliphatic carbocycles. The number of anilines is 2. The summed E-state index contributed by atoms with van der Waals surface area (Å²) in [5.41, 5.74) is 4.02. The molecular weight excluding hydrogens is 422 g/mol. The van der Waals surface area contributed by atoms with Gasteiger partial charge in [0.25, 0.3) is 5.56 Å². The second kappa shape index (κ2) is 7.83. The number of nitrogens with zero attached hydrogens (tertiary/aromatic N) is 5. The zero-order valence-corrected chi connectivity index (χ0v) is 19.6. The van der Waals surface area contributed by atoms with E-state index in [4.69, 9.17) is 4.98 Å². The molecule has 0 saturated carbocycles. The largest absolute Gasteiger partial charge is 0.324 e. The van der Waals surface area contributed by atoms with Gasteiger partial charge in [-0.1, -0.05) is 38.2 Å². The lowest BCUT2D eigenvalue weighted by Gasteiger charge is -2.18. The third kappa shape index (κ3) is 3.61. The fourth-order valence-electron chi connectivity index (χ4n) is 3.97. The normalized spacial score (nSPS) is 14.0. The smallest absolute Gasteiger partial charge is 0.278 e. The van der Waals surface area contributed by atoms with Crippen molar-refractivity contribution in [3.05, 3.63) is 57.0 Å². The molecule has 5 rings (SSSR count). The molecule has 0 amide bonds. The van der Waals surface area contributed by atoms with Gasteiger partial charge >= 0.3 is 0 Å². The average molecular weight is 450 g/mol. The SMILES string of the molecule is CCn1c(=O)c2cnc(Nc3ccc4c(c3)CNCC4)nc2n1-c1ncc(C(C)(C)C)s1. The first-order valence-corrected chi connectivity index (χ1v) is 11.7. The summed E-state index contributed by atoms with van der Waals surface area (Å²) in [5, 5.41) is 7.93. The van der Waals surface area contributed by atoms with Gasteiger partial charge in [0.05, 0.1) is 0 Å². The van der Waals surface area contributed by atoms with E-state index in [1.165, 1.54) is 11.1 Å². The Morgan fingerprint density at radius 3 is 2.78 bits per heavy atom. The van der Waals surface area contributed by atoms with Crippen LogP contribution in [0.15, 0.2) is 35.4 Å². The first kappa shape index (κ1) is 20.8. The summed E-state index contributed by atoms with van der Waals surface area (Å²) in [4.78, 5) is 27.9. The van der Waals surface area contributed by atoms with Crippen molar-refractivity contribution >= 4 is 34.0 Å². The Morgan fingerprint density at radius 2 is 2.03 bits per heavy atom. The number of thiazole rings is 1. The molecule has 0 spiro atoms. The quantitative estimate of drug-likeness (QED) is 0.493. The number of rotatable bonds is 4. The summed E-state index contributed by atoms with van der Waals surface area (Å²) < 4.78 is 3.49. The lowest BCUT2D eigenvalue weighted by Crippen LogP contribution is -2.23. The van der Waals surface area contributed by atoms with Gasteiger partial charge in [-0.3, -0.25) is 4.79 Å². The zero-order valence-electron chi connectivity index (χ0n) is 18.8. The van der Waals surface area contributed by atoms with Gasteiger partial charge < -0.3 is 10.6 Å². The van der Waals surface area contributed by atoms with Crippen molar-refractivity contribution in [1.82, 2.24) is 29.6 Å². The Kier molecular flexibility index (Phi) is 5.10. The molecule has 0 atom stereocenters. The van der Waals surface area contributed by atoms with E-state index in [1.807, 2.05) is 17.8 Å². The molecule has 0 radical (unpaired) electrons. The van der Waals surface area contributed by atoms with E-state index in [0.29, 0.717) is 23.5 Å². The number of nitrogens with one attached hydrogen (secondary N) is 2. The molecule has 0 fully saturated rings. The minimum absolute atomic E-state index is 0.0147. The van der Waals surface area contributed by atoms with Crippen LogP contribution in [0.4, 0.5) is 11.6 Å². The number of fused-ring (bicyclic) bond motifs is 2. The number of benzene rings is 1. The van der Waals surface area contributed by atoms with Crippen molar-refractivity contribution in [2.45, 2.75) is 52.6 Å². The molecule has 2 N–H and O–H groups in total. The summed E-state index contributed by atoms with van der Waals surface area (Å²) in [7, 11) is 0. The molecule has 1 aliphatic heterocycles. The van der Waals surface area contributed by atoms with Gasteiger partial charge in [-0.15, -0.1) is 0 Å². The minimum atomic E-state index is -0.110. The van der Waals surface area contributed by atoms with Crippen LogP contribution in [0.2, 0.25) is 0 Å². The molecule has 1 aromatic carbocycles. The van der Waals surface area contributed by atoms with Crippen molar-refractivity contribution in [3.8, 4) is 5.13 Å². The highest BCUT2D eigenvalue weighted by molar-refractivity contribution is 7.14. The van der Waals surface area contributed by atoms with Crippen LogP contribution in [-0.2, 0) is 24.9 Å². The van der Waals surface area contributed by atoms with Crippen molar-refractivity contribution < 1.29 is 0 Å². The second-order valence-electron chi connectivity index (χ2n) is 9.06. The van der Waals surface area contributed by atoms with Crippen LogP contribution in [0, 0.1) is 0 Å². The van der Waals surface area contributed by atoms with Crippen LogP contribution >= 0.6 is 11.3 Å². The average Bonchev–Trinajstić information content (AvgIpc) is 3.36. The highest BCUT2D eigenvalue weighted by Gasteiger charge is 2.22. The number of hydrogen-bond donors (Lipinski definition) is 2. The molecule has 0 bridgehead atoms. The molecular formula is C23H27N7OS. The van der Waals surface area contributed by atoms with Gasteiger partial charge in [0.2, 0.25) is 11.1 Å². The van der Waals surface area contributed by atoms with Crippen molar-refractivity contribution in [2.75, 3.05) is 11.9 Å². The number of aromatic nitrogens is 5. The van der Waals surface area contributed by atoms with Gasteiger partial charge in [-0.05, 0) is 48.6 Å². The van der Waals surface area contributed by atoms with Gasteiger partial charge in [-0.25, -0.2) is 19.3 Å². The van der Waals surface area contributed by atoms with Crippen LogP contribution in [0.3, 0.4) is 0 Å². The van der Waals surface area contributed by atoms with Gasteiger partial charge in [0.1, 0.15) is 5.39 Å². The predicted octanol–water partition coefficient (Wildman–Crippen LogP) is 3.75. The Balaban J connectivity index is 1.58. The Morgan fingerprint density at radius 1 is 1.19 bits per heavy atom. The third-order valence-corrected chi connectivity index (χ3v) is 7.14. The van der Waals surface area contributed by atoms with E-state index in [2.05, 4.69) is 59.6 Å². The molecule has 4 heterocycles. The fourth-order valence-corrected chi connectivity index (χ4v) is 4.95. The van der Waals surface area contributed by atoms with Crippen LogP contribution in [0.1, 0.15) is 43.7 Å². The molecule has 0 unspecified atom stereocenters. The third-order valence-electron chi connectivity index (χ3n) is 5.74. The molecule has 32 heavy (non-hydrogen) atoms. The molecule has 0 saturated heterocycles. The first-order chi connectivity index (χ1) is 15.3. The van der Waals surface area contributed by atoms with E-state index >= 15 is 0 Å². The monoisotopic (exact) mass is 449 g/mol. The van der Waals surface area contributed by atoms with Crippen LogP contribution in [0.5, 0.6) is 0 Å². The van der Waals surface area contributed by atoms with E-state index in [0.717, 1.165) is 35.2 Å². The first-order valence-electron chi connectivity index (χ1n) is 10.9. The number of hydrogen-bond acceptors (Lipinski definition) is 7. The summed E-state index contributed by atoms with van der Waals surface area (Å²) in [6.07, 6.45) is 4.53. The summed E-state index contributed by atoms with van der Waals surface area (Å²) in [5.74, 6) is 0.454. The maximum Gasteiger partial charge on any atom is 0.278 e. The summed E-state index contributed by atoms with van der Waals surface area (Å²) in [6.45, 7) is 10.8. The molecule has 9 heteroatoms. The molecule has 4 aromatic rings. The van der Waals surface area contributed by atoms with E-state index < -0.39 is 0 Å². The van der Waals surface area contributed by atoms with E-state index in [-0.39, 0.29) is 11.0 Å². The summed E-state index contributed by atoms with van der Waals surface area (Å²) in [6, 6.07) is 6.35. The van der Waals surface area contributed by atoms with Gasteiger partial charge in [-0.2, -0.15) is 4.98 Å².